The topological polar surface area (TPSA) is 50.8 Å². The first-order valence-electron chi connectivity index (χ1n) is 6.77. The van der Waals surface area contributed by atoms with Gasteiger partial charge in [-0.2, -0.15) is 10.4 Å². The first-order chi connectivity index (χ1) is 9.51. The average molecular weight is 269 g/mol. The van der Waals surface area contributed by atoms with Gasteiger partial charge in [0.05, 0.1) is 23.4 Å². The molecule has 4 nitrogen and oxygen atoms in total. The van der Waals surface area contributed by atoms with E-state index in [4.69, 9.17) is 10.00 Å². The van der Waals surface area contributed by atoms with Crippen LogP contribution in [0.25, 0.3) is 11.3 Å². The fraction of sp³-hybridized carbons (Fsp3) is 0.375. The largest absolute Gasteiger partial charge is 0.491 e. The summed E-state index contributed by atoms with van der Waals surface area (Å²) >= 11 is 0. The van der Waals surface area contributed by atoms with Crippen molar-refractivity contribution in [3.05, 3.63) is 36.0 Å². The maximum atomic E-state index is 9.17. The molecule has 1 heterocycles. The second-order valence-corrected chi connectivity index (χ2v) is 5.28. The summed E-state index contributed by atoms with van der Waals surface area (Å²) < 4.78 is 7.66. The van der Waals surface area contributed by atoms with Crippen molar-refractivity contribution >= 4 is 0 Å². The molecule has 0 saturated carbocycles. The Morgan fingerprint density at radius 2 is 1.95 bits per heavy atom. The Labute approximate surface area is 119 Å². The van der Waals surface area contributed by atoms with E-state index in [-0.39, 0.29) is 12.1 Å². The van der Waals surface area contributed by atoms with E-state index in [1.54, 1.807) is 12.3 Å². The summed E-state index contributed by atoms with van der Waals surface area (Å²) in [5.74, 6) is 0.713. The molecule has 0 aliphatic carbocycles. The Morgan fingerprint density at radius 3 is 2.55 bits per heavy atom. The van der Waals surface area contributed by atoms with Crippen molar-refractivity contribution in [2.75, 3.05) is 0 Å². The Hall–Kier alpha value is -2.28. The van der Waals surface area contributed by atoms with Crippen LogP contribution in [0.15, 0.2) is 30.5 Å². The van der Waals surface area contributed by atoms with E-state index in [1.165, 1.54) is 0 Å². The summed E-state index contributed by atoms with van der Waals surface area (Å²) in [6.45, 7) is 8.10. The molecule has 0 saturated heterocycles. The van der Waals surface area contributed by atoms with Crippen molar-refractivity contribution in [1.29, 1.82) is 5.26 Å². The molecule has 0 N–H and O–H groups in total. The number of hydrogen-bond acceptors (Lipinski definition) is 3. The van der Waals surface area contributed by atoms with Gasteiger partial charge in [0.1, 0.15) is 5.75 Å². The van der Waals surface area contributed by atoms with Crippen molar-refractivity contribution in [1.82, 2.24) is 9.78 Å². The minimum Gasteiger partial charge on any atom is -0.491 e. The zero-order valence-electron chi connectivity index (χ0n) is 12.3. The molecule has 4 heteroatoms. The third-order valence-corrected chi connectivity index (χ3v) is 2.86. The third kappa shape index (κ3) is 3.00. The Bertz CT molecular complexity index is 635. The van der Waals surface area contributed by atoms with Crippen LogP contribution in [0, 0.1) is 11.3 Å². The summed E-state index contributed by atoms with van der Waals surface area (Å²) in [5, 5.41) is 13.5. The molecule has 2 aromatic rings. The smallest absolute Gasteiger partial charge is 0.121 e. The quantitative estimate of drug-likeness (QED) is 0.848. The van der Waals surface area contributed by atoms with E-state index >= 15 is 0 Å². The highest BCUT2D eigenvalue weighted by molar-refractivity contribution is 5.64. The van der Waals surface area contributed by atoms with Crippen LogP contribution >= 0.6 is 0 Å². The molecule has 0 bridgehead atoms. The molecule has 104 valence electrons. The molecule has 0 aliphatic heterocycles. The normalized spacial score (nSPS) is 10.8. The second-order valence-electron chi connectivity index (χ2n) is 5.28. The van der Waals surface area contributed by atoms with E-state index in [0.29, 0.717) is 11.3 Å². The number of hydrogen-bond donors (Lipinski definition) is 0. The van der Waals surface area contributed by atoms with E-state index in [0.717, 1.165) is 11.3 Å². The van der Waals surface area contributed by atoms with Gasteiger partial charge in [-0.15, -0.1) is 0 Å². The average Bonchev–Trinajstić information content (AvgIpc) is 2.86. The highest BCUT2D eigenvalue weighted by atomic mass is 16.5. The lowest BCUT2D eigenvalue weighted by atomic mass is 10.1. The van der Waals surface area contributed by atoms with Crippen molar-refractivity contribution in [2.45, 2.75) is 39.8 Å². The summed E-state index contributed by atoms with van der Waals surface area (Å²) in [7, 11) is 0. The van der Waals surface area contributed by atoms with Crippen LogP contribution < -0.4 is 4.74 Å². The van der Waals surface area contributed by atoms with Crippen LogP contribution in [0.1, 0.15) is 39.3 Å². The summed E-state index contributed by atoms with van der Waals surface area (Å²) in [6.07, 6.45) is 1.85. The monoisotopic (exact) mass is 269 g/mol. The number of nitriles is 1. The molecule has 20 heavy (non-hydrogen) atoms. The molecule has 0 aliphatic rings. The molecule has 0 atom stereocenters. The van der Waals surface area contributed by atoms with E-state index in [1.807, 2.05) is 36.7 Å². The van der Waals surface area contributed by atoms with Gasteiger partial charge in [0, 0.05) is 17.8 Å². The highest BCUT2D eigenvalue weighted by Crippen LogP contribution is 2.28. The fourth-order valence-electron chi connectivity index (χ4n) is 2.11. The van der Waals surface area contributed by atoms with E-state index < -0.39 is 0 Å². The van der Waals surface area contributed by atoms with Gasteiger partial charge in [0.25, 0.3) is 0 Å². The molecule has 0 spiro atoms. The number of rotatable bonds is 4. The van der Waals surface area contributed by atoms with Gasteiger partial charge in [-0.25, -0.2) is 0 Å². The molecule has 2 rings (SSSR count). The maximum Gasteiger partial charge on any atom is 0.121 e. The SMILES string of the molecule is CC(C)Oc1cc(C#N)cc(-c2ccnn2C(C)C)c1. The predicted molar refractivity (Wildman–Crippen MR) is 78.5 cm³/mol. The highest BCUT2D eigenvalue weighted by Gasteiger charge is 2.11. The lowest BCUT2D eigenvalue weighted by Gasteiger charge is -2.14. The summed E-state index contributed by atoms with van der Waals surface area (Å²) in [6, 6.07) is 9.98. The Morgan fingerprint density at radius 1 is 1.20 bits per heavy atom. The molecule has 0 radical (unpaired) electrons. The first-order valence-corrected chi connectivity index (χ1v) is 6.77. The minimum absolute atomic E-state index is 0.0757. The summed E-state index contributed by atoms with van der Waals surface area (Å²) in [5.41, 5.74) is 2.53. The van der Waals surface area contributed by atoms with Crippen molar-refractivity contribution in [3.63, 3.8) is 0 Å². The standard InChI is InChI=1S/C16H19N3O/c1-11(2)19-16(5-6-18-19)14-7-13(10-17)8-15(9-14)20-12(3)4/h5-9,11-12H,1-4H3. The van der Waals surface area contributed by atoms with Gasteiger partial charge in [-0.1, -0.05) is 0 Å². The number of nitrogens with zero attached hydrogens (tertiary/aromatic N) is 3. The van der Waals surface area contributed by atoms with Gasteiger partial charge in [0.2, 0.25) is 0 Å². The van der Waals surface area contributed by atoms with Gasteiger partial charge >= 0.3 is 0 Å². The van der Waals surface area contributed by atoms with E-state index in [9.17, 15) is 0 Å². The molecule has 1 aromatic carbocycles. The van der Waals surface area contributed by atoms with Gasteiger partial charge in [0.15, 0.2) is 0 Å². The number of aromatic nitrogens is 2. The molecular formula is C16H19N3O. The van der Waals surface area contributed by atoms with Gasteiger partial charge in [-0.3, -0.25) is 4.68 Å². The van der Waals surface area contributed by atoms with Crippen molar-refractivity contribution < 1.29 is 4.74 Å². The Kier molecular flexibility index (Phi) is 4.09. The Balaban J connectivity index is 2.50. The zero-order chi connectivity index (χ0) is 14.7. The lowest BCUT2D eigenvalue weighted by molar-refractivity contribution is 0.242. The van der Waals surface area contributed by atoms with Crippen LogP contribution in [0.5, 0.6) is 5.75 Å². The third-order valence-electron chi connectivity index (χ3n) is 2.86. The lowest BCUT2D eigenvalue weighted by Crippen LogP contribution is -2.07. The predicted octanol–water partition coefficient (Wildman–Crippen LogP) is 3.79. The van der Waals surface area contributed by atoms with Crippen LogP contribution in [-0.2, 0) is 0 Å². The minimum atomic E-state index is 0.0757. The van der Waals surface area contributed by atoms with Gasteiger partial charge < -0.3 is 4.74 Å². The van der Waals surface area contributed by atoms with Crippen LogP contribution in [0.2, 0.25) is 0 Å². The van der Waals surface area contributed by atoms with Gasteiger partial charge in [-0.05, 0) is 52.0 Å². The van der Waals surface area contributed by atoms with Crippen molar-refractivity contribution in [2.24, 2.45) is 0 Å². The number of ether oxygens (including phenoxy) is 1. The molecule has 0 fully saturated rings. The van der Waals surface area contributed by atoms with Crippen LogP contribution in [0.3, 0.4) is 0 Å². The second kappa shape index (κ2) is 5.79. The van der Waals surface area contributed by atoms with Crippen LogP contribution in [-0.4, -0.2) is 15.9 Å². The zero-order valence-corrected chi connectivity index (χ0v) is 12.3. The molecule has 0 unspecified atom stereocenters. The first kappa shape index (κ1) is 14.1. The molecule has 0 amide bonds. The van der Waals surface area contributed by atoms with E-state index in [2.05, 4.69) is 25.0 Å². The van der Waals surface area contributed by atoms with Crippen LogP contribution in [0.4, 0.5) is 0 Å². The molecular weight excluding hydrogens is 250 g/mol. The summed E-state index contributed by atoms with van der Waals surface area (Å²) in [4.78, 5) is 0. The molecule has 1 aromatic heterocycles. The maximum absolute atomic E-state index is 9.17. The number of benzene rings is 1. The van der Waals surface area contributed by atoms with Crippen molar-refractivity contribution in [3.8, 4) is 23.1 Å². The fourth-order valence-corrected chi connectivity index (χ4v) is 2.11.